The Hall–Kier alpha value is -0.650. The van der Waals surface area contributed by atoms with E-state index in [0.717, 1.165) is 32.6 Å². The van der Waals surface area contributed by atoms with E-state index in [9.17, 15) is 4.79 Å². The van der Waals surface area contributed by atoms with Gasteiger partial charge in [0.15, 0.2) is 0 Å². The molecule has 0 amide bonds. The van der Waals surface area contributed by atoms with Gasteiger partial charge in [-0.3, -0.25) is 9.69 Å². The van der Waals surface area contributed by atoms with Crippen molar-refractivity contribution in [3.8, 4) is 0 Å². The van der Waals surface area contributed by atoms with Crippen molar-refractivity contribution in [3.05, 3.63) is 0 Å². The Morgan fingerprint density at radius 1 is 1.22 bits per heavy atom. The smallest absolute Gasteiger partial charge is 0.324 e. The standard InChI is InChI=1S/C13H29N3O2/c1-6-8-16(10-9-15(3)4)11-12(14-7-2)13(17)18-5/h12,14H,6-11H2,1-5H3. The van der Waals surface area contributed by atoms with Crippen molar-refractivity contribution in [3.63, 3.8) is 0 Å². The first kappa shape index (κ1) is 17.4. The summed E-state index contributed by atoms with van der Waals surface area (Å²) in [7, 11) is 5.56. The van der Waals surface area contributed by atoms with Gasteiger partial charge in [-0.15, -0.1) is 0 Å². The van der Waals surface area contributed by atoms with Crippen LogP contribution >= 0.6 is 0 Å². The molecule has 0 aromatic heterocycles. The topological polar surface area (TPSA) is 44.8 Å². The predicted molar refractivity (Wildman–Crippen MR) is 74.8 cm³/mol. The van der Waals surface area contributed by atoms with Gasteiger partial charge in [-0.25, -0.2) is 0 Å². The van der Waals surface area contributed by atoms with Gasteiger partial charge < -0.3 is 15.0 Å². The van der Waals surface area contributed by atoms with Crippen LogP contribution in [0.25, 0.3) is 0 Å². The van der Waals surface area contributed by atoms with Crippen molar-refractivity contribution in [2.24, 2.45) is 0 Å². The lowest BCUT2D eigenvalue weighted by Gasteiger charge is -2.27. The summed E-state index contributed by atoms with van der Waals surface area (Å²) in [5.74, 6) is -0.178. The molecule has 108 valence electrons. The minimum atomic E-state index is -0.228. The number of carbonyl (C=O) groups excluding carboxylic acids is 1. The van der Waals surface area contributed by atoms with Crippen molar-refractivity contribution in [2.45, 2.75) is 26.3 Å². The van der Waals surface area contributed by atoms with E-state index in [2.05, 4.69) is 36.1 Å². The third kappa shape index (κ3) is 7.63. The molecule has 0 bridgehead atoms. The van der Waals surface area contributed by atoms with E-state index in [1.54, 1.807) is 0 Å². The van der Waals surface area contributed by atoms with Crippen LogP contribution in [0.4, 0.5) is 0 Å². The van der Waals surface area contributed by atoms with Crippen molar-refractivity contribution in [1.29, 1.82) is 0 Å². The zero-order valence-electron chi connectivity index (χ0n) is 12.5. The molecule has 0 aromatic rings. The maximum atomic E-state index is 11.7. The molecule has 0 rings (SSSR count). The lowest BCUT2D eigenvalue weighted by molar-refractivity contribution is -0.143. The summed E-state index contributed by atoms with van der Waals surface area (Å²) in [5, 5.41) is 3.18. The Kier molecular flexibility index (Phi) is 9.92. The monoisotopic (exact) mass is 259 g/mol. The van der Waals surface area contributed by atoms with Gasteiger partial charge in [-0.05, 0) is 33.6 Å². The molecule has 0 aliphatic heterocycles. The molecular formula is C13H29N3O2. The molecule has 1 atom stereocenters. The van der Waals surface area contributed by atoms with E-state index in [4.69, 9.17) is 4.74 Å². The summed E-state index contributed by atoms with van der Waals surface area (Å²) in [6.07, 6.45) is 1.09. The normalized spacial score (nSPS) is 13.1. The number of esters is 1. The van der Waals surface area contributed by atoms with Crippen LogP contribution < -0.4 is 5.32 Å². The van der Waals surface area contributed by atoms with E-state index in [-0.39, 0.29) is 12.0 Å². The largest absolute Gasteiger partial charge is 0.468 e. The maximum absolute atomic E-state index is 11.7. The zero-order valence-corrected chi connectivity index (χ0v) is 12.5. The molecule has 0 heterocycles. The molecular weight excluding hydrogens is 230 g/mol. The van der Waals surface area contributed by atoms with Crippen molar-refractivity contribution in [1.82, 2.24) is 15.1 Å². The van der Waals surface area contributed by atoms with E-state index < -0.39 is 0 Å². The first-order chi connectivity index (χ1) is 8.54. The number of nitrogens with one attached hydrogen (secondary N) is 1. The molecule has 0 saturated heterocycles. The summed E-state index contributed by atoms with van der Waals surface area (Å²) >= 11 is 0. The number of carbonyl (C=O) groups is 1. The van der Waals surface area contributed by atoms with Crippen LogP contribution in [0.15, 0.2) is 0 Å². The molecule has 0 fully saturated rings. The highest BCUT2D eigenvalue weighted by molar-refractivity contribution is 5.75. The second-order valence-electron chi connectivity index (χ2n) is 4.74. The van der Waals surface area contributed by atoms with Gasteiger partial charge in [0.05, 0.1) is 7.11 Å². The van der Waals surface area contributed by atoms with Crippen molar-refractivity contribution >= 4 is 5.97 Å². The van der Waals surface area contributed by atoms with Crippen LogP contribution in [0.5, 0.6) is 0 Å². The average molecular weight is 259 g/mol. The average Bonchev–Trinajstić information content (AvgIpc) is 2.34. The Balaban J connectivity index is 4.34. The molecule has 0 aromatic carbocycles. The molecule has 0 aliphatic carbocycles. The van der Waals surface area contributed by atoms with Crippen molar-refractivity contribution < 1.29 is 9.53 Å². The highest BCUT2D eigenvalue weighted by atomic mass is 16.5. The predicted octanol–water partition coefficient (Wildman–Crippen LogP) is 0.411. The summed E-state index contributed by atoms with van der Waals surface area (Å²) in [6, 6.07) is -0.228. The fourth-order valence-corrected chi connectivity index (χ4v) is 1.82. The minimum absolute atomic E-state index is 0.178. The number of likely N-dealkylation sites (N-methyl/N-ethyl adjacent to an activating group) is 2. The number of ether oxygens (including phenoxy) is 1. The fourth-order valence-electron chi connectivity index (χ4n) is 1.82. The Bertz CT molecular complexity index is 222. The van der Waals surface area contributed by atoms with E-state index >= 15 is 0 Å². The molecule has 0 spiro atoms. The minimum Gasteiger partial charge on any atom is -0.468 e. The first-order valence-corrected chi connectivity index (χ1v) is 6.73. The number of hydrogen-bond donors (Lipinski definition) is 1. The van der Waals surface area contributed by atoms with Gasteiger partial charge in [-0.1, -0.05) is 13.8 Å². The van der Waals surface area contributed by atoms with Gasteiger partial charge >= 0.3 is 5.97 Å². The molecule has 0 saturated carbocycles. The Morgan fingerprint density at radius 3 is 2.33 bits per heavy atom. The van der Waals surface area contributed by atoms with Crippen molar-refractivity contribution in [2.75, 3.05) is 53.9 Å². The summed E-state index contributed by atoms with van der Waals surface area (Å²) < 4.78 is 4.83. The number of hydrogen-bond acceptors (Lipinski definition) is 5. The Labute approximate surface area is 111 Å². The van der Waals surface area contributed by atoms with Gasteiger partial charge in [-0.2, -0.15) is 0 Å². The van der Waals surface area contributed by atoms with Crippen LogP contribution in [-0.2, 0) is 9.53 Å². The van der Waals surface area contributed by atoms with Crippen LogP contribution in [0, 0.1) is 0 Å². The van der Waals surface area contributed by atoms with E-state index in [1.165, 1.54) is 7.11 Å². The van der Waals surface area contributed by atoms with Crippen LogP contribution in [0.1, 0.15) is 20.3 Å². The number of nitrogens with zero attached hydrogens (tertiary/aromatic N) is 2. The summed E-state index contributed by atoms with van der Waals surface area (Å²) in [6.45, 7) is 8.62. The van der Waals surface area contributed by atoms with Crippen LogP contribution in [0.2, 0.25) is 0 Å². The van der Waals surface area contributed by atoms with Gasteiger partial charge in [0.25, 0.3) is 0 Å². The molecule has 5 nitrogen and oxygen atoms in total. The second kappa shape index (κ2) is 10.3. The van der Waals surface area contributed by atoms with Gasteiger partial charge in [0.1, 0.15) is 6.04 Å². The molecule has 0 aliphatic rings. The number of methoxy groups -OCH3 is 1. The first-order valence-electron chi connectivity index (χ1n) is 6.73. The number of rotatable bonds is 10. The maximum Gasteiger partial charge on any atom is 0.324 e. The highest BCUT2D eigenvalue weighted by Gasteiger charge is 2.20. The third-order valence-electron chi connectivity index (χ3n) is 2.78. The lowest BCUT2D eigenvalue weighted by Crippen LogP contribution is -2.48. The second-order valence-corrected chi connectivity index (χ2v) is 4.74. The summed E-state index contributed by atoms with van der Waals surface area (Å²) in [5.41, 5.74) is 0. The van der Waals surface area contributed by atoms with E-state index in [0.29, 0.717) is 6.54 Å². The summed E-state index contributed by atoms with van der Waals surface area (Å²) in [4.78, 5) is 16.1. The molecule has 1 N–H and O–H groups in total. The molecule has 0 radical (unpaired) electrons. The quantitative estimate of drug-likeness (QED) is 0.576. The molecule has 18 heavy (non-hydrogen) atoms. The van der Waals surface area contributed by atoms with Crippen LogP contribution in [0.3, 0.4) is 0 Å². The lowest BCUT2D eigenvalue weighted by atomic mass is 10.2. The van der Waals surface area contributed by atoms with Gasteiger partial charge in [0, 0.05) is 19.6 Å². The highest BCUT2D eigenvalue weighted by Crippen LogP contribution is 1.98. The van der Waals surface area contributed by atoms with Crippen LogP contribution in [-0.4, -0.2) is 75.7 Å². The van der Waals surface area contributed by atoms with Gasteiger partial charge in [0.2, 0.25) is 0 Å². The van der Waals surface area contributed by atoms with E-state index in [1.807, 2.05) is 6.92 Å². The SMILES string of the molecule is CCCN(CCN(C)C)CC(NCC)C(=O)OC. The molecule has 5 heteroatoms. The third-order valence-corrected chi connectivity index (χ3v) is 2.78. The Morgan fingerprint density at radius 2 is 1.89 bits per heavy atom. The molecule has 1 unspecified atom stereocenters. The zero-order chi connectivity index (χ0) is 14.0. The fraction of sp³-hybridized carbons (Fsp3) is 0.923.